The highest BCUT2D eigenvalue weighted by molar-refractivity contribution is 7.89. The lowest BCUT2D eigenvalue weighted by Crippen LogP contribution is -2.46. The van der Waals surface area contributed by atoms with Crippen molar-refractivity contribution >= 4 is 50.0 Å². The molecule has 2 aromatic heterocycles. The Balaban J connectivity index is 1.28. The molecule has 12 heteroatoms. The Morgan fingerprint density at radius 3 is 2.76 bits per heavy atom. The Hall–Kier alpha value is -3.18. The smallest absolute Gasteiger partial charge is 0.245 e. The summed E-state index contributed by atoms with van der Waals surface area (Å²) in [7, 11) is -4.07. The number of hydrogen-bond acceptors (Lipinski definition) is 6. The number of nitrogens with one attached hydrogen (secondary N) is 1. The van der Waals surface area contributed by atoms with Crippen molar-refractivity contribution in [2.45, 2.75) is 50.2 Å². The fraction of sp³-hybridized carbons (Fsp3) is 0.345. The number of sulfonamides is 1. The van der Waals surface area contributed by atoms with E-state index < -0.39 is 16.1 Å². The Morgan fingerprint density at radius 1 is 1.17 bits per heavy atom. The molecule has 2 aromatic carbocycles. The number of benzene rings is 2. The van der Waals surface area contributed by atoms with E-state index in [-0.39, 0.29) is 34.0 Å². The van der Waals surface area contributed by atoms with Gasteiger partial charge in [0.15, 0.2) is 0 Å². The van der Waals surface area contributed by atoms with Gasteiger partial charge in [0.2, 0.25) is 15.9 Å². The van der Waals surface area contributed by atoms with Gasteiger partial charge in [0.1, 0.15) is 28.8 Å². The van der Waals surface area contributed by atoms with Gasteiger partial charge >= 0.3 is 0 Å². The van der Waals surface area contributed by atoms with Crippen LogP contribution in [0.1, 0.15) is 36.9 Å². The van der Waals surface area contributed by atoms with Gasteiger partial charge in [-0.3, -0.25) is 4.79 Å². The van der Waals surface area contributed by atoms with E-state index in [4.69, 9.17) is 32.9 Å². The predicted octanol–water partition coefficient (Wildman–Crippen LogP) is 5.29. The molecule has 1 amide bonds. The molecule has 1 saturated carbocycles. The lowest BCUT2D eigenvalue weighted by molar-refractivity contribution is -0.124. The average Bonchev–Trinajstić information content (AvgIpc) is 3.38. The molecule has 0 unspecified atom stereocenters. The van der Waals surface area contributed by atoms with Crippen molar-refractivity contribution in [1.82, 2.24) is 24.2 Å². The third-order valence-corrected chi connectivity index (χ3v) is 10.4. The van der Waals surface area contributed by atoms with Crippen LogP contribution in [-0.2, 0) is 21.4 Å². The lowest BCUT2D eigenvalue weighted by Gasteiger charge is -2.24. The minimum absolute atomic E-state index is 0.0231. The highest BCUT2D eigenvalue weighted by Gasteiger charge is 2.41. The molecule has 214 valence electrons. The SMILES string of the molecule is Cc1cc(-n2ccnc2)c2cccc(OCc3c(Cl)ccc(S(=O)(=O)N4CCC[C@H]4C(=O)NCC4CC4)c3Cl)c2n1. The van der Waals surface area contributed by atoms with E-state index in [1.54, 1.807) is 18.6 Å². The molecule has 0 spiro atoms. The zero-order valence-electron chi connectivity index (χ0n) is 22.4. The van der Waals surface area contributed by atoms with E-state index >= 15 is 0 Å². The summed E-state index contributed by atoms with van der Waals surface area (Å²) in [6.45, 7) is 2.64. The summed E-state index contributed by atoms with van der Waals surface area (Å²) in [6, 6.07) is 9.70. The number of aromatic nitrogens is 3. The van der Waals surface area contributed by atoms with Crippen molar-refractivity contribution in [2.24, 2.45) is 5.92 Å². The molecule has 0 bridgehead atoms. The Kier molecular flexibility index (Phi) is 7.67. The van der Waals surface area contributed by atoms with Crippen LogP contribution in [0.15, 0.2) is 60.0 Å². The van der Waals surface area contributed by atoms with Crippen LogP contribution in [0.4, 0.5) is 0 Å². The summed E-state index contributed by atoms with van der Waals surface area (Å²) in [5, 5.41) is 4.03. The number of halogens is 2. The van der Waals surface area contributed by atoms with Crippen molar-refractivity contribution < 1.29 is 17.9 Å². The van der Waals surface area contributed by atoms with Gasteiger partial charge in [-0.15, -0.1) is 0 Å². The van der Waals surface area contributed by atoms with Crippen LogP contribution in [0.2, 0.25) is 10.0 Å². The first kappa shape index (κ1) is 28.0. The van der Waals surface area contributed by atoms with Crippen molar-refractivity contribution in [1.29, 1.82) is 0 Å². The Morgan fingerprint density at radius 2 is 2.00 bits per heavy atom. The van der Waals surface area contributed by atoms with Gasteiger partial charge in [0, 0.05) is 47.1 Å². The van der Waals surface area contributed by atoms with Crippen LogP contribution < -0.4 is 10.1 Å². The number of aryl methyl sites for hydroxylation is 1. The van der Waals surface area contributed by atoms with Gasteiger partial charge in [0.05, 0.1) is 17.0 Å². The van der Waals surface area contributed by atoms with Crippen LogP contribution >= 0.6 is 23.2 Å². The largest absolute Gasteiger partial charge is 0.487 e. The van der Waals surface area contributed by atoms with Gasteiger partial charge in [-0.05, 0) is 62.8 Å². The third kappa shape index (κ3) is 5.53. The number of carbonyl (C=O) groups is 1. The first-order valence-electron chi connectivity index (χ1n) is 13.5. The zero-order valence-corrected chi connectivity index (χ0v) is 24.7. The number of para-hydroxylation sites is 1. The normalized spacial score (nSPS) is 17.7. The van der Waals surface area contributed by atoms with Crippen LogP contribution in [0.3, 0.4) is 0 Å². The molecule has 1 N–H and O–H groups in total. The first-order valence-corrected chi connectivity index (χ1v) is 15.7. The molecule has 3 heterocycles. The molecule has 0 radical (unpaired) electrons. The quantitative estimate of drug-likeness (QED) is 0.275. The van der Waals surface area contributed by atoms with E-state index in [9.17, 15) is 13.2 Å². The molecule has 4 aromatic rings. The van der Waals surface area contributed by atoms with Gasteiger partial charge in [-0.1, -0.05) is 35.3 Å². The lowest BCUT2D eigenvalue weighted by atomic mass is 10.1. The fourth-order valence-corrected chi connectivity index (χ4v) is 7.74. The molecule has 2 fully saturated rings. The number of fused-ring (bicyclic) bond motifs is 1. The molecule has 1 aliphatic carbocycles. The van der Waals surface area contributed by atoms with E-state index in [2.05, 4.69) is 10.3 Å². The highest BCUT2D eigenvalue weighted by Crippen LogP contribution is 2.37. The van der Waals surface area contributed by atoms with Crippen LogP contribution in [-0.4, -0.2) is 52.3 Å². The topological polar surface area (TPSA) is 106 Å². The van der Waals surface area contributed by atoms with Crippen molar-refractivity contribution in [3.8, 4) is 11.4 Å². The van der Waals surface area contributed by atoms with Gasteiger partial charge in [0.25, 0.3) is 0 Å². The number of amides is 1. The molecule has 41 heavy (non-hydrogen) atoms. The number of hydrogen-bond donors (Lipinski definition) is 1. The molecule has 1 aliphatic heterocycles. The fourth-order valence-electron chi connectivity index (χ4n) is 5.22. The first-order chi connectivity index (χ1) is 19.7. The molecule has 9 nitrogen and oxygen atoms in total. The minimum atomic E-state index is -4.07. The maximum absolute atomic E-state index is 13.8. The van der Waals surface area contributed by atoms with Crippen LogP contribution in [0, 0.1) is 12.8 Å². The maximum atomic E-state index is 13.8. The van der Waals surface area contributed by atoms with E-state index in [0.29, 0.717) is 42.1 Å². The van der Waals surface area contributed by atoms with Gasteiger partial charge in [-0.25, -0.2) is 18.4 Å². The van der Waals surface area contributed by atoms with Gasteiger partial charge in [-0.2, -0.15) is 4.31 Å². The van der Waals surface area contributed by atoms with E-state index in [1.165, 1.54) is 16.4 Å². The maximum Gasteiger partial charge on any atom is 0.245 e. The van der Waals surface area contributed by atoms with Crippen LogP contribution in [0.5, 0.6) is 5.75 Å². The standard InChI is InChI=1S/C29H29Cl2N5O4S/c1-18-14-24(35-13-11-32-17-35)20-4-2-6-25(28(20)34-18)40-16-21-22(30)9-10-26(27(21)31)41(38,39)36-12-3-5-23(36)29(37)33-15-19-7-8-19/h2,4,6,9-11,13-14,17,19,23H,3,5,7-8,12,15-16H2,1H3,(H,33,37)/t23-/m0/s1. The molecule has 1 atom stereocenters. The summed E-state index contributed by atoms with van der Waals surface area (Å²) >= 11 is 13.2. The van der Waals surface area contributed by atoms with Crippen molar-refractivity contribution in [3.05, 3.63) is 76.4 Å². The van der Waals surface area contributed by atoms with Crippen LogP contribution in [0.25, 0.3) is 16.6 Å². The number of carbonyl (C=O) groups excluding carboxylic acids is 1. The zero-order chi connectivity index (χ0) is 28.7. The molecule has 2 aliphatic rings. The molecule has 6 rings (SSSR count). The minimum Gasteiger partial charge on any atom is -0.487 e. The third-order valence-electron chi connectivity index (χ3n) is 7.57. The van der Waals surface area contributed by atoms with Crippen molar-refractivity contribution in [2.75, 3.05) is 13.1 Å². The number of imidazole rings is 1. The molecular formula is C29H29Cl2N5O4S. The summed E-state index contributed by atoms with van der Waals surface area (Å²) in [5.74, 6) is 0.734. The molecular weight excluding hydrogens is 585 g/mol. The summed E-state index contributed by atoms with van der Waals surface area (Å²) < 4.78 is 36.9. The Labute approximate surface area is 248 Å². The predicted molar refractivity (Wildman–Crippen MR) is 157 cm³/mol. The summed E-state index contributed by atoms with van der Waals surface area (Å²) in [4.78, 5) is 21.6. The number of pyridine rings is 1. The second kappa shape index (κ2) is 11.2. The summed E-state index contributed by atoms with van der Waals surface area (Å²) in [5.41, 5.74) is 2.68. The Bertz CT molecular complexity index is 1730. The van der Waals surface area contributed by atoms with Crippen molar-refractivity contribution in [3.63, 3.8) is 0 Å². The van der Waals surface area contributed by atoms with E-state index in [0.717, 1.165) is 29.6 Å². The second-order valence-corrected chi connectivity index (χ2v) is 13.1. The molecule has 1 saturated heterocycles. The van der Waals surface area contributed by atoms with E-state index in [1.807, 2.05) is 35.9 Å². The average molecular weight is 615 g/mol. The second-order valence-electron chi connectivity index (χ2n) is 10.5. The summed E-state index contributed by atoms with van der Waals surface area (Å²) in [6.07, 6.45) is 8.53. The highest BCUT2D eigenvalue weighted by atomic mass is 35.5. The number of rotatable bonds is 9. The number of ether oxygens (including phenoxy) is 1. The monoisotopic (exact) mass is 613 g/mol. The van der Waals surface area contributed by atoms with Gasteiger partial charge < -0.3 is 14.6 Å². The number of nitrogens with zero attached hydrogens (tertiary/aromatic N) is 4.